The number of para-hydroxylation sites is 1. The minimum atomic E-state index is -3.02. The summed E-state index contributed by atoms with van der Waals surface area (Å²) in [6.07, 6.45) is 0. The van der Waals surface area contributed by atoms with Crippen LogP contribution in [0.25, 0.3) is 117 Å². The lowest BCUT2D eigenvalue weighted by molar-refractivity contribution is 0.571. The molecule has 19 aromatic rings. The Morgan fingerprint density at radius 2 is 0.617 bits per heavy atom. The standard InChI is InChI=1S/C128H114BN3Si/c1-124(2,3)95-82-117-121-118(83-95)132(123-104(89-50-30-19-31-51-89)79-94(80-105(123)90-52-32-20-33-53-90)120-109(127(10,11)12)63-43-64-110(120)128(13,14)15)116-84-96(130-113-65-41-40-60-101(113)106-76-91(68-74-114(106)130)85-44-24-16-25-45-85)70-73-111(116)129(121)112-81-92(86-66-71-100(72-67-86)133(97-54-34-21-35-55-97,98-56-36-22-37-57-98)99-58-38-23-39-59-99)69-75-115(112)131(117)122-102(87-46-26-17-27-47-87)77-93(78-103(122)88-48-28-18-29-49-88)119-107(125(4,5)6)61-42-62-108(119)126(7,8)9/h16-84H,1-15H3/i40D,41D,60D,65D,68D,74D,76D. The van der Waals surface area contributed by atoms with Gasteiger partial charge in [-0.05, 0) is 232 Å². The van der Waals surface area contributed by atoms with E-state index in [4.69, 9.17) is 0 Å². The molecule has 1 aromatic heterocycles. The maximum atomic E-state index is 10.6. The summed E-state index contributed by atoms with van der Waals surface area (Å²) in [5.41, 5.74) is 29.1. The molecule has 0 radical (unpaired) electrons. The summed E-state index contributed by atoms with van der Waals surface area (Å²) in [4.78, 5) is 5.20. The van der Waals surface area contributed by atoms with E-state index in [-0.39, 0.29) is 79.2 Å². The molecule has 648 valence electrons. The third kappa shape index (κ3) is 15.0. The molecule has 3 nitrogen and oxygen atoms in total. The first-order valence-corrected chi connectivity index (χ1v) is 48.9. The minimum absolute atomic E-state index is 0.0977. The molecule has 0 saturated carbocycles. The molecule has 133 heavy (non-hydrogen) atoms. The molecule has 3 heterocycles. The Morgan fingerprint density at radius 1 is 0.256 bits per heavy atom. The third-order valence-electron chi connectivity index (χ3n) is 27.6. The van der Waals surface area contributed by atoms with E-state index in [1.54, 1.807) is 4.57 Å². The van der Waals surface area contributed by atoms with E-state index in [0.717, 1.165) is 123 Å². The Hall–Kier alpha value is -14.4. The first-order chi connectivity index (χ1) is 67.1. The van der Waals surface area contributed by atoms with Crippen LogP contribution in [0, 0.1) is 0 Å². The second kappa shape index (κ2) is 33.2. The van der Waals surface area contributed by atoms with E-state index in [2.05, 4.69) is 459 Å². The van der Waals surface area contributed by atoms with Crippen molar-refractivity contribution in [3.05, 3.63) is 446 Å². The monoisotopic (exact) mass is 1740 g/mol. The summed E-state index contributed by atoms with van der Waals surface area (Å²) in [5, 5.41) is 5.36. The van der Waals surface area contributed by atoms with Crippen molar-refractivity contribution in [1.82, 2.24) is 4.57 Å². The average Bonchev–Trinajstić information content (AvgIpc) is 0.980. The number of anilines is 6. The van der Waals surface area contributed by atoms with Crippen LogP contribution in [0.4, 0.5) is 34.1 Å². The quantitative estimate of drug-likeness (QED) is 0.0749. The Labute approximate surface area is 798 Å². The maximum absolute atomic E-state index is 10.6. The molecule has 0 aliphatic carbocycles. The summed E-state index contributed by atoms with van der Waals surface area (Å²) >= 11 is 0. The van der Waals surface area contributed by atoms with Crippen molar-refractivity contribution >= 4 is 108 Å². The van der Waals surface area contributed by atoms with Gasteiger partial charge in [0.1, 0.15) is 0 Å². The smallest absolute Gasteiger partial charge is 0.252 e. The van der Waals surface area contributed by atoms with Gasteiger partial charge in [-0.2, -0.15) is 0 Å². The first-order valence-electron chi connectivity index (χ1n) is 50.4. The van der Waals surface area contributed by atoms with Crippen molar-refractivity contribution in [2.24, 2.45) is 0 Å². The van der Waals surface area contributed by atoms with E-state index < -0.39 is 32.3 Å². The topological polar surface area (TPSA) is 11.4 Å². The third-order valence-corrected chi connectivity index (χ3v) is 32.4. The van der Waals surface area contributed by atoms with Crippen molar-refractivity contribution in [2.75, 3.05) is 9.80 Å². The molecular formula is C128H114BN3Si. The first kappa shape index (κ1) is 77.4. The molecule has 0 N–H and O–H groups in total. The van der Waals surface area contributed by atoms with Gasteiger partial charge in [0.2, 0.25) is 0 Å². The number of fused-ring (bicyclic) bond motifs is 7. The molecule has 0 unspecified atom stereocenters. The molecular weight excluding hydrogens is 1620 g/mol. The molecule has 18 aromatic carbocycles. The van der Waals surface area contributed by atoms with E-state index >= 15 is 0 Å². The van der Waals surface area contributed by atoms with E-state index in [1.807, 2.05) is 30.3 Å². The maximum Gasteiger partial charge on any atom is 0.252 e. The molecule has 0 saturated heterocycles. The van der Waals surface area contributed by atoms with Gasteiger partial charge in [-0.3, -0.25) is 0 Å². The second-order valence-corrected chi connectivity index (χ2v) is 45.2. The van der Waals surface area contributed by atoms with Gasteiger partial charge in [-0.1, -0.05) is 450 Å². The lowest BCUT2D eigenvalue weighted by Crippen LogP contribution is -2.74. The van der Waals surface area contributed by atoms with Crippen LogP contribution in [0.5, 0.6) is 0 Å². The van der Waals surface area contributed by atoms with Crippen LogP contribution in [0.1, 0.15) is 141 Å². The summed E-state index contributed by atoms with van der Waals surface area (Å²) in [6, 6.07) is 136. The van der Waals surface area contributed by atoms with Crippen LogP contribution in [-0.4, -0.2) is 19.4 Å². The number of nitrogens with zero attached hydrogens (tertiary/aromatic N) is 3. The molecule has 0 bridgehead atoms. The van der Waals surface area contributed by atoms with Gasteiger partial charge in [0.25, 0.3) is 6.71 Å². The van der Waals surface area contributed by atoms with Crippen LogP contribution in [0.3, 0.4) is 0 Å². The number of rotatable bonds is 15. The minimum Gasteiger partial charge on any atom is -0.310 e. The largest absolute Gasteiger partial charge is 0.310 e. The number of hydrogen-bond donors (Lipinski definition) is 0. The number of hydrogen-bond acceptors (Lipinski definition) is 2. The van der Waals surface area contributed by atoms with Gasteiger partial charge in [-0.15, -0.1) is 0 Å². The van der Waals surface area contributed by atoms with Gasteiger partial charge >= 0.3 is 0 Å². The normalized spacial score (nSPS) is 13.6. The summed E-state index contributed by atoms with van der Waals surface area (Å²) < 4.78 is 72.7. The highest BCUT2D eigenvalue weighted by atomic mass is 28.3. The van der Waals surface area contributed by atoms with Crippen molar-refractivity contribution < 1.29 is 9.60 Å². The van der Waals surface area contributed by atoms with Gasteiger partial charge in [0.05, 0.1) is 32.0 Å². The zero-order valence-electron chi connectivity index (χ0n) is 85.7. The van der Waals surface area contributed by atoms with Crippen LogP contribution in [0.2, 0.25) is 0 Å². The van der Waals surface area contributed by atoms with E-state index in [0.29, 0.717) is 11.3 Å². The fraction of sp³-hybridized carbons (Fsp3) is 0.156. The second-order valence-electron chi connectivity index (χ2n) is 41.4. The highest BCUT2D eigenvalue weighted by Gasteiger charge is 2.48. The fourth-order valence-electron chi connectivity index (χ4n) is 21.3. The lowest BCUT2D eigenvalue weighted by Gasteiger charge is -2.46. The van der Waals surface area contributed by atoms with Gasteiger partial charge in [-0.25, -0.2) is 0 Å². The average molecular weight is 1740 g/mol. The fourth-order valence-corrected chi connectivity index (χ4v) is 26.1. The molecule has 0 atom stereocenters. The van der Waals surface area contributed by atoms with Crippen LogP contribution in [0.15, 0.2) is 418 Å². The van der Waals surface area contributed by atoms with Gasteiger partial charge in [0.15, 0.2) is 8.07 Å². The van der Waals surface area contributed by atoms with Crippen LogP contribution < -0.4 is 46.9 Å². The van der Waals surface area contributed by atoms with E-state index in [1.165, 1.54) is 54.1 Å². The Kier molecular flexibility index (Phi) is 19.3. The molecule has 0 spiro atoms. The van der Waals surface area contributed by atoms with Crippen molar-refractivity contribution in [2.45, 2.75) is 131 Å². The van der Waals surface area contributed by atoms with Gasteiger partial charge < -0.3 is 14.4 Å². The zero-order chi connectivity index (χ0) is 97.7. The lowest BCUT2D eigenvalue weighted by atomic mass is 9.33. The predicted molar refractivity (Wildman–Crippen MR) is 575 cm³/mol. The summed E-state index contributed by atoms with van der Waals surface area (Å²) in [7, 11) is -3.02. The highest BCUT2D eigenvalue weighted by Crippen LogP contribution is 2.58. The molecule has 0 amide bonds. The molecule has 21 rings (SSSR count). The Morgan fingerprint density at radius 3 is 1.02 bits per heavy atom. The SMILES string of the molecule is [2H]c1c([2H])c([2H])c2c(c1[2H])c1c([2H])c(-c3ccccc3)c([2H])c([2H])c1n2-c1ccc2c(c1)N(c1c(-c3ccccc3)cc(-c3c(C(C)(C)C)cccc3C(C)(C)C)cc1-c1ccccc1)c1cc(C(C)(C)C)cc3c1B2c1cc(-c2ccc([Si](c4ccccc4)(c4ccccc4)c4ccccc4)cc2)ccc1N3c1c(-c2ccccc2)cc(-c2c(C(C)(C)C)cccc2C(C)(C)C)cc1-c1ccccc1. The van der Waals surface area contributed by atoms with Crippen molar-refractivity contribution in [3.63, 3.8) is 0 Å². The predicted octanol–water partition coefficient (Wildman–Crippen LogP) is 30.1. The molecule has 5 heteroatoms. The molecule has 2 aliphatic heterocycles. The number of benzene rings is 18. The van der Waals surface area contributed by atoms with Gasteiger partial charge in [0, 0.05) is 61.5 Å². The van der Waals surface area contributed by atoms with Crippen molar-refractivity contribution in [3.8, 4) is 94.7 Å². The highest BCUT2D eigenvalue weighted by molar-refractivity contribution is 7.20. The Bertz CT molecular complexity index is 7820. The van der Waals surface area contributed by atoms with Crippen LogP contribution in [-0.2, 0) is 27.1 Å². The van der Waals surface area contributed by atoms with Crippen LogP contribution >= 0.6 is 0 Å². The summed E-state index contributed by atoms with van der Waals surface area (Å²) in [6.45, 7) is 34.4. The molecule has 0 fully saturated rings. The van der Waals surface area contributed by atoms with Crippen molar-refractivity contribution in [1.29, 1.82) is 0 Å². The summed E-state index contributed by atoms with van der Waals surface area (Å²) in [5.74, 6) is 0. The molecule has 2 aliphatic rings. The Balaban J connectivity index is 0.952. The zero-order valence-corrected chi connectivity index (χ0v) is 79.7. The van der Waals surface area contributed by atoms with E-state index in [9.17, 15) is 9.60 Å². The number of aromatic nitrogens is 1.